The number of carboxylic acid groups (broad SMARTS) is 1. The van der Waals surface area contributed by atoms with Crippen molar-refractivity contribution in [2.75, 3.05) is 12.0 Å². The number of hydrogen-bond acceptors (Lipinski definition) is 4. The lowest BCUT2D eigenvalue weighted by Gasteiger charge is -2.24. The predicted molar refractivity (Wildman–Crippen MR) is 107 cm³/mol. The van der Waals surface area contributed by atoms with Crippen molar-refractivity contribution in [3.8, 4) is 0 Å². The molecule has 3 amide bonds. The van der Waals surface area contributed by atoms with Gasteiger partial charge >= 0.3 is 12.0 Å². The summed E-state index contributed by atoms with van der Waals surface area (Å²) < 4.78 is 0. The van der Waals surface area contributed by atoms with Crippen LogP contribution in [0.15, 0.2) is 24.3 Å². The van der Waals surface area contributed by atoms with Crippen LogP contribution in [0.5, 0.6) is 0 Å². The van der Waals surface area contributed by atoms with E-state index in [9.17, 15) is 19.5 Å². The zero-order valence-corrected chi connectivity index (χ0v) is 17.2. The highest BCUT2D eigenvalue weighted by molar-refractivity contribution is 7.98. The van der Waals surface area contributed by atoms with E-state index in [1.165, 1.54) is 16.7 Å². The molecule has 2 unspecified atom stereocenters. The van der Waals surface area contributed by atoms with Crippen molar-refractivity contribution in [2.24, 2.45) is 5.92 Å². The molecule has 1 saturated heterocycles. The van der Waals surface area contributed by atoms with Crippen LogP contribution in [-0.2, 0) is 16.1 Å². The number of amides is 3. The van der Waals surface area contributed by atoms with Crippen molar-refractivity contribution >= 4 is 29.7 Å². The summed E-state index contributed by atoms with van der Waals surface area (Å²) in [7, 11) is 0. The largest absolute Gasteiger partial charge is 0.480 e. The van der Waals surface area contributed by atoms with E-state index in [1.807, 2.05) is 51.3 Å². The van der Waals surface area contributed by atoms with E-state index >= 15 is 0 Å². The molecule has 6 nitrogen and oxygen atoms in total. The second-order valence-corrected chi connectivity index (χ2v) is 8.37. The van der Waals surface area contributed by atoms with Crippen molar-refractivity contribution in [2.45, 2.75) is 52.2 Å². The average Bonchev–Trinajstić information content (AvgIpc) is 2.81. The molecule has 1 aliphatic rings. The van der Waals surface area contributed by atoms with Gasteiger partial charge in [-0.05, 0) is 43.3 Å². The smallest absolute Gasteiger partial charge is 0.328 e. The van der Waals surface area contributed by atoms with Crippen molar-refractivity contribution in [1.29, 1.82) is 0 Å². The van der Waals surface area contributed by atoms with E-state index in [0.717, 1.165) is 16.0 Å². The lowest BCUT2D eigenvalue weighted by Crippen LogP contribution is -2.46. The third-order valence-electron chi connectivity index (χ3n) is 4.71. The van der Waals surface area contributed by atoms with Gasteiger partial charge in [-0.25, -0.2) is 14.5 Å². The SMILES string of the molecule is CSCCC(C(=O)O)N1C(=O)C(CC(C)C)N(Cc2ccc(C)cc2)C1=O. The summed E-state index contributed by atoms with van der Waals surface area (Å²) in [4.78, 5) is 40.3. The van der Waals surface area contributed by atoms with Gasteiger partial charge in [-0.3, -0.25) is 4.79 Å². The quantitative estimate of drug-likeness (QED) is 0.652. The molecular formula is C20H28N2O4S. The summed E-state index contributed by atoms with van der Waals surface area (Å²) in [5, 5.41) is 9.60. The summed E-state index contributed by atoms with van der Waals surface area (Å²) in [6.07, 6.45) is 2.64. The Hall–Kier alpha value is -2.02. The fourth-order valence-electron chi connectivity index (χ4n) is 3.28. The van der Waals surface area contributed by atoms with Gasteiger partial charge in [0, 0.05) is 6.54 Å². The molecule has 1 aliphatic heterocycles. The van der Waals surface area contributed by atoms with Gasteiger partial charge in [0.1, 0.15) is 12.1 Å². The van der Waals surface area contributed by atoms with Crippen LogP contribution in [0, 0.1) is 12.8 Å². The lowest BCUT2D eigenvalue weighted by molar-refractivity contribution is -0.147. The molecule has 1 fully saturated rings. The maximum absolute atomic E-state index is 13.0. The summed E-state index contributed by atoms with van der Waals surface area (Å²) in [5.74, 6) is -0.747. The Kier molecular flexibility index (Phi) is 7.30. The first kappa shape index (κ1) is 21.3. The molecule has 0 saturated carbocycles. The van der Waals surface area contributed by atoms with Crippen LogP contribution in [0.1, 0.15) is 37.8 Å². The Morgan fingerprint density at radius 1 is 1.22 bits per heavy atom. The number of urea groups is 1. The van der Waals surface area contributed by atoms with Gasteiger partial charge in [-0.15, -0.1) is 0 Å². The monoisotopic (exact) mass is 392 g/mol. The molecule has 0 bridgehead atoms. The summed E-state index contributed by atoms with van der Waals surface area (Å²) in [6.45, 7) is 6.27. The van der Waals surface area contributed by atoms with Gasteiger partial charge in [0.15, 0.2) is 0 Å². The van der Waals surface area contributed by atoms with E-state index in [4.69, 9.17) is 0 Å². The molecule has 0 aliphatic carbocycles. The fraction of sp³-hybridized carbons (Fsp3) is 0.550. The van der Waals surface area contributed by atoms with Gasteiger partial charge in [-0.2, -0.15) is 11.8 Å². The minimum absolute atomic E-state index is 0.210. The first-order valence-corrected chi connectivity index (χ1v) is 10.6. The standard InChI is InChI=1S/C20H28N2O4S/c1-13(2)11-17-18(23)22(16(19(24)25)9-10-27-4)20(26)21(17)12-15-7-5-14(3)6-8-15/h5-8,13,16-17H,9-12H2,1-4H3,(H,24,25). The van der Waals surface area contributed by atoms with Gasteiger partial charge in [0.25, 0.3) is 5.91 Å². The molecule has 1 aromatic carbocycles. The Morgan fingerprint density at radius 3 is 2.37 bits per heavy atom. The van der Waals surface area contributed by atoms with Crippen LogP contribution in [0.25, 0.3) is 0 Å². The zero-order chi connectivity index (χ0) is 20.1. The van der Waals surface area contributed by atoms with Crippen LogP contribution in [0.4, 0.5) is 4.79 Å². The topological polar surface area (TPSA) is 77.9 Å². The Balaban J connectivity index is 2.32. The van der Waals surface area contributed by atoms with Crippen LogP contribution in [0.2, 0.25) is 0 Å². The molecule has 2 rings (SSSR count). The van der Waals surface area contributed by atoms with Crippen molar-refractivity contribution in [1.82, 2.24) is 9.80 Å². The number of thioether (sulfide) groups is 1. The number of aryl methyl sites for hydroxylation is 1. The molecule has 1 N–H and O–H groups in total. The number of benzene rings is 1. The summed E-state index contributed by atoms with van der Waals surface area (Å²) in [6, 6.07) is 5.57. The van der Waals surface area contributed by atoms with E-state index in [-0.39, 0.29) is 12.3 Å². The van der Waals surface area contributed by atoms with Crippen molar-refractivity contribution < 1.29 is 19.5 Å². The van der Waals surface area contributed by atoms with Crippen molar-refractivity contribution in [3.05, 3.63) is 35.4 Å². The first-order valence-electron chi connectivity index (χ1n) is 9.17. The van der Waals surface area contributed by atoms with Crippen LogP contribution in [0.3, 0.4) is 0 Å². The highest BCUT2D eigenvalue weighted by Gasteiger charge is 2.49. The minimum atomic E-state index is -1.13. The molecule has 0 aromatic heterocycles. The third-order valence-corrected chi connectivity index (χ3v) is 5.35. The molecule has 2 atom stereocenters. The summed E-state index contributed by atoms with van der Waals surface area (Å²) in [5.41, 5.74) is 2.04. The highest BCUT2D eigenvalue weighted by atomic mass is 32.2. The summed E-state index contributed by atoms with van der Waals surface area (Å²) >= 11 is 1.50. The Bertz CT molecular complexity index is 690. The highest BCUT2D eigenvalue weighted by Crippen LogP contribution is 2.28. The number of hydrogen-bond donors (Lipinski definition) is 1. The fourth-order valence-corrected chi connectivity index (χ4v) is 3.74. The molecule has 148 valence electrons. The molecule has 7 heteroatoms. The van der Waals surface area contributed by atoms with Crippen LogP contribution < -0.4 is 0 Å². The number of carbonyl (C=O) groups is 3. The number of imide groups is 1. The zero-order valence-electron chi connectivity index (χ0n) is 16.3. The number of nitrogens with zero attached hydrogens (tertiary/aromatic N) is 2. The van der Waals surface area contributed by atoms with Gasteiger partial charge in [0.05, 0.1) is 0 Å². The first-order chi connectivity index (χ1) is 12.8. The lowest BCUT2D eigenvalue weighted by atomic mass is 10.0. The van der Waals surface area contributed by atoms with E-state index < -0.39 is 30.0 Å². The molecule has 1 heterocycles. The Morgan fingerprint density at radius 2 is 1.85 bits per heavy atom. The van der Waals surface area contributed by atoms with Gasteiger partial charge in [-0.1, -0.05) is 43.7 Å². The maximum atomic E-state index is 13.0. The number of aliphatic carboxylic acids is 1. The molecule has 0 radical (unpaired) electrons. The van der Waals surface area contributed by atoms with E-state index in [0.29, 0.717) is 18.7 Å². The van der Waals surface area contributed by atoms with Crippen LogP contribution >= 0.6 is 11.8 Å². The molecule has 1 aromatic rings. The molecular weight excluding hydrogens is 364 g/mol. The molecule has 27 heavy (non-hydrogen) atoms. The normalized spacial score (nSPS) is 18.5. The van der Waals surface area contributed by atoms with Crippen LogP contribution in [-0.4, -0.2) is 56.9 Å². The second kappa shape index (κ2) is 9.26. The predicted octanol–water partition coefficient (Wildman–Crippen LogP) is 3.38. The second-order valence-electron chi connectivity index (χ2n) is 7.39. The van der Waals surface area contributed by atoms with Gasteiger partial charge in [0.2, 0.25) is 0 Å². The average molecular weight is 393 g/mol. The van der Waals surface area contributed by atoms with E-state index in [1.54, 1.807) is 0 Å². The Labute approximate surface area is 164 Å². The maximum Gasteiger partial charge on any atom is 0.328 e. The molecule has 0 spiro atoms. The minimum Gasteiger partial charge on any atom is -0.480 e. The number of carboxylic acids is 1. The number of carbonyl (C=O) groups excluding carboxylic acids is 2. The number of rotatable bonds is 9. The van der Waals surface area contributed by atoms with E-state index in [2.05, 4.69) is 0 Å². The van der Waals surface area contributed by atoms with Crippen molar-refractivity contribution in [3.63, 3.8) is 0 Å². The van der Waals surface area contributed by atoms with Gasteiger partial charge < -0.3 is 10.0 Å². The third kappa shape index (κ3) is 5.03.